The second-order valence-corrected chi connectivity index (χ2v) is 4.73. The van der Waals surface area contributed by atoms with Crippen LogP contribution < -0.4 is 5.32 Å². The van der Waals surface area contributed by atoms with E-state index in [0.717, 1.165) is 10.2 Å². The van der Waals surface area contributed by atoms with Gasteiger partial charge in [-0.05, 0) is 28.1 Å². The Labute approximate surface area is 108 Å². The van der Waals surface area contributed by atoms with Gasteiger partial charge in [-0.2, -0.15) is 5.10 Å². The van der Waals surface area contributed by atoms with E-state index in [1.807, 2.05) is 32.6 Å². The van der Waals surface area contributed by atoms with Crippen LogP contribution in [0.3, 0.4) is 0 Å². The number of carbonyl (C=O) groups is 1. The molecular formula is C11H13BrN4O. The second kappa shape index (κ2) is 4.75. The minimum Gasteiger partial charge on any atom is -0.345 e. The SMILES string of the molecule is Cn1ccc(CNC(=O)c2cc(Br)cn2C)n1. The van der Waals surface area contributed by atoms with Gasteiger partial charge in [0, 0.05) is 31.0 Å². The van der Waals surface area contributed by atoms with Gasteiger partial charge in [-0.3, -0.25) is 9.48 Å². The first kappa shape index (κ1) is 11.9. The number of carbonyl (C=O) groups excluding carboxylic acids is 1. The lowest BCUT2D eigenvalue weighted by Crippen LogP contribution is -2.25. The van der Waals surface area contributed by atoms with Gasteiger partial charge in [-0.1, -0.05) is 0 Å². The van der Waals surface area contributed by atoms with Crippen molar-refractivity contribution in [3.05, 3.63) is 40.4 Å². The highest BCUT2D eigenvalue weighted by Crippen LogP contribution is 2.13. The van der Waals surface area contributed by atoms with Gasteiger partial charge in [-0.25, -0.2) is 0 Å². The molecule has 2 rings (SSSR count). The number of nitrogens with zero attached hydrogens (tertiary/aromatic N) is 3. The van der Waals surface area contributed by atoms with Crippen LogP contribution >= 0.6 is 15.9 Å². The number of hydrogen-bond acceptors (Lipinski definition) is 2. The number of aryl methyl sites for hydroxylation is 2. The molecule has 2 heterocycles. The molecule has 90 valence electrons. The van der Waals surface area contributed by atoms with Crippen molar-refractivity contribution in [3.8, 4) is 0 Å². The first-order valence-electron chi connectivity index (χ1n) is 5.15. The maximum atomic E-state index is 11.9. The Balaban J connectivity index is 2.00. The Bertz CT molecular complexity index is 543. The summed E-state index contributed by atoms with van der Waals surface area (Å²) in [6.45, 7) is 0.433. The predicted molar refractivity (Wildman–Crippen MR) is 67.5 cm³/mol. The van der Waals surface area contributed by atoms with Gasteiger partial charge in [-0.15, -0.1) is 0 Å². The normalized spacial score (nSPS) is 10.5. The maximum Gasteiger partial charge on any atom is 0.268 e. The van der Waals surface area contributed by atoms with Crippen molar-refractivity contribution in [2.45, 2.75) is 6.54 Å². The van der Waals surface area contributed by atoms with Crippen molar-refractivity contribution in [1.29, 1.82) is 0 Å². The minimum atomic E-state index is -0.108. The number of halogens is 1. The summed E-state index contributed by atoms with van der Waals surface area (Å²) in [6, 6.07) is 3.66. The van der Waals surface area contributed by atoms with E-state index in [1.54, 1.807) is 15.3 Å². The summed E-state index contributed by atoms with van der Waals surface area (Å²) < 4.78 is 4.38. The molecule has 0 bridgehead atoms. The number of nitrogens with one attached hydrogen (secondary N) is 1. The lowest BCUT2D eigenvalue weighted by atomic mass is 10.3. The summed E-state index contributed by atoms with van der Waals surface area (Å²) in [5, 5.41) is 7.02. The molecule has 0 fully saturated rings. The van der Waals surface area contributed by atoms with E-state index in [0.29, 0.717) is 12.2 Å². The third kappa shape index (κ3) is 2.76. The van der Waals surface area contributed by atoms with Crippen LogP contribution in [0, 0.1) is 0 Å². The van der Waals surface area contributed by atoms with Gasteiger partial charge in [0.25, 0.3) is 5.91 Å². The Hall–Kier alpha value is -1.56. The molecule has 2 aromatic heterocycles. The molecule has 1 amide bonds. The molecule has 0 aromatic carbocycles. The summed E-state index contributed by atoms with van der Waals surface area (Å²) in [6.07, 6.45) is 3.69. The molecule has 0 aliphatic carbocycles. The van der Waals surface area contributed by atoms with Crippen LogP contribution in [-0.2, 0) is 20.6 Å². The molecule has 0 aliphatic heterocycles. The molecule has 0 aliphatic rings. The van der Waals surface area contributed by atoms with E-state index in [-0.39, 0.29) is 5.91 Å². The van der Waals surface area contributed by atoms with Crippen molar-refractivity contribution >= 4 is 21.8 Å². The van der Waals surface area contributed by atoms with Gasteiger partial charge >= 0.3 is 0 Å². The van der Waals surface area contributed by atoms with Gasteiger partial charge in [0.1, 0.15) is 5.69 Å². The van der Waals surface area contributed by atoms with E-state index >= 15 is 0 Å². The smallest absolute Gasteiger partial charge is 0.268 e. The summed E-state index contributed by atoms with van der Waals surface area (Å²) in [5.74, 6) is -0.108. The number of rotatable bonds is 3. The first-order valence-corrected chi connectivity index (χ1v) is 5.94. The molecule has 0 unspecified atom stereocenters. The molecule has 0 atom stereocenters. The van der Waals surface area contributed by atoms with Gasteiger partial charge in [0.05, 0.1) is 12.2 Å². The molecule has 1 N–H and O–H groups in total. The summed E-state index contributed by atoms with van der Waals surface area (Å²) in [5.41, 5.74) is 1.46. The van der Waals surface area contributed by atoms with Crippen LogP contribution in [0.15, 0.2) is 29.0 Å². The van der Waals surface area contributed by atoms with E-state index < -0.39 is 0 Å². The van der Waals surface area contributed by atoms with Crippen LogP contribution in [0.5, 0.6) is 0 Å². The van der Waals surface area contributed by atoms with Crippen molar-refractivity contribution < 1.29 is 4.79 Å². The Kier molecular flexibility index (Phi) is 3.33. The maximum absolute atomic E-state index is 11.9. The molecule has 2 aromatic rings. The Morgan fingerprint density at radius 2 is 2.29 bits per heavy atom. The minimum absolute atomic E-state index is 0.108. The topological polar surface area (TPSA) is 51.9 Å². The lowest BCUT2D eigenvalue weighted by Gasteiger charge is -2.03. The highest BCUT2D eigenvalue weighted by Gasteiger charge is 2.10. The highest BCUT2D eigenvalue weighted by atomic mass is 79.9. The van der Waals surface area contributed by atoms with E-state index in [4.69, 9.17) is 0 Å². The fourth-order valence-corrected chi connectivity index (χ4v) is 2.09. The number of aromatic nitrogens is 3. The highest BCUT2D eigenvalue weighted by molar-refractivity contribution is 9.10. The van der Waals surface area contributed by atoms with Crippen molar-refractivity contribution in [1.82, 2.24) is 19.7 Å². The van der Waals surface area contributed by atoms with Gasteiger partial charge in [0.15, 0.2) is 0 Å². The molecule has 0 saturated carbocycles. The summed E-state index contributed by atoms with van der Waals surface area (Å²) in [7, 11) is 3.68. The van der Waals surface area contributed by atoms with E-state index in [1.165, 1.54) is 0 Å². The average molecular weight is 297 g/mol. The lowest BCUT2D eigenvalue weighted by molar-refractivity contribution is 0.0942. The molecule has 0 radical (unpaired) electrons. The zero-order valence-corrected chi connectivity index (χ0v) is 11.2. The van der Waals surface area contributed by atoms with Crippen LogP contribution in [-0.4, -0.2) is 20.3 Å². The molecule has 17 heavy (non-hydrogen) atoms. The largest absolute Gasteiger partial charge is 0.345 e. The molecule has 6 heteroatoms. The Morgan fingerprint density at radius 3 is 2.82 bits per heavy atom. The van der Waals surface area contributed by atoms with Gasteiger partial charge in [0.2, 0.25) is 0 Å². The van der Waals surface area contributed by atoms with Crippen molar-refractivity contribution in [2.24, 2.45) is 14.1 Å². The summed E-state index contributed by atoms with van der Waals surface area (Å²) in [4.78, 5) is 11.9. The zero-order valence-electron chi connectivity index (χ0n) is 9.64. The van der Waals surface area contributed by atoms with Crippen LogP contribution in [0.1, 0.15) is 16.2 Å². The standard InChI is InChI=1S/C11H13BrN4O/c1-15-7-8(12)5-10(15)11(17)13-6-9-3-4-16(2)14-9/h3-5,7H,6H2,1-2H3,(H,13,17). The number of hydrogen-bond donors (Lipinski definition) is 1. The first-order chi connectivity index (χ1) is 8.06. The van der Waals surface area contributed by atoms with Crippen molar-refractivity contribution in [3.63, 3.8) is 0 Å². The Morgan fingerprint density at radius 1 is 1.53 bits per heavy atom. The van der Waals surface area contributed by atoms with Crippen LogP contribution in [0.2, 0.25) is 0 Å². The molecule has 5 nitrogen and oxygen atoms in total. The number of amides is 1. The monoisotopic (exact) mass is 296 g/mol. The summed E-state index contributed by atoms with van der Waals surface area (Å²) >= 11 is 3.33. The predicted octanol–water partition coefficient (Wildman–Crippen LogP) is 1.45. The third-order valence-corrected chi connectivity index (χ3v) is 2.84. The van der Waals surface area contributed by atoms with E-state index in [2.05, 4.69) is 26.3 Å². The fourth-order valence-electron chi connectivity index (χ4n) is 1.57. The van der Waals surface area contributed by atoms with Crippen LogP contribution in [0.25, 0.3) is 0 Å². The average Bonchev–Trinajstić information content (AvgIpc) is 2.81. The molecule has 0 saturated heterocycles. The van der Waals surface area contributed by atoms with Crippen molar-refractivity contribution in [2.75, 3.05) is 0 Å². The third-order valence-electron chi connectivity index (χ3n) is 2.40. The molecule has 0 spiro atoms. The van der Waals surface area contributed by atoms with Crippen LogP contribution in [0.4, 0.5) is 0 Å². The van der Waals surface area contributed by atoms with Gasteiger partial charge < -0.3 is 9.88 Å². The molecular weight excluding hydrogens is 284 g/mol. The second-order valence-electron chi connectivity index (χ2n) is 3.82. The zero-order chi connectivity index (χ0) is 12.4. The quantitative estimate of drug-likeness (QED) is 0.932. The fraction of sp³-hybridized carbons (Fsp3) is 0.273. The van der Waals surface area contributed by atoms with E-state index in [9.17, 15) is 4.79 Å².